The fourth-order valence-electron chi connectivity index (χ4n) is 6.28. The van der Waals surface area contributed by atoms with Gasteiger partial charge in [0.05, 0.1) is 0 Å². The zero-order chi connectivity index (χ0) is 13.9. The third-order valence-corrected chi connectivity index (χ3v) is 7.34. The molecule has 0 radical (unpaired) electrons. The highest BCUT2D eigenvalue weighted by Crippen LogP contribution is 2.72. The van der Waals surface area contributed by atoms with Crippen molar-refractivity contribution in [2.75, 3.05) is 0 Å². The first-order valence-electron chi connectivity index (χ1n) is 8.80. The minimum atomic E-state index is -0.0991. The van der Waals surface area contributed by atoms with Crippen molar-refractivity contribution in [1.29, 1.82) is 0 Å². The van der Waals surface area contributed by atoms with Gasteiger partial charge in [-0.2, -0.15) is 4.91 Å². The number of nitrogens with zero attached hydrogens (tertiary/aromatic N) is 1. The van der Waals surface area contributed by atoms with Crippen molar-refractivity contribution in [3.63, 3.8) is 0 Å². The van der Waals surface area contributed by atoms with Crippen molar-refractivity contribution in [1.82, 2.24) is 0 Å². The van der Waals surface area contributed by atoms with Gasteiger partial charge in [0.2, 0.25) is 0 Å². The molecule has 0 amide bonds. The fourth-order valence-corrected chi connectivity index (χ4v) is 6.28. The summed E-state index contributed by atoms with van der Waals surface area (Å²) >= 11 is 0. The van der Waals surface area contributed by atoms with Gasteiger partial charge in [0, 0.05) is 0 Å². The van der Waals surface area contributed by atoms with E-state index < -0.39 is 0 Å². The molecule has 2 nitrogen and oxygen atoms in total. The molecule has 20 heavy (non-hydrogen) atoms. The molecule has 4 aliphatic carbocycles. The second-order valence-corrected chi connectivity index (χ2v) is 7.82. The predicted molar refractivity (Wildman–Crippen MR) is 81.3 cm³/mol. The van der Waals surface area contributed by atoms with Gasteiger partial charge in [-0.3, -0.25) is 0 Å². The highest BCUT2D eigenvalue weighted by Gasteiger charge is 2.71. The third-order valence-electron chi connectivity index (χ3n) is 7.34. The predicted octanol–water partition coefficient (Wildman–Crippen LogP) is 5.08. The van der Waals surface area contributed by atoms with Crippen LogP contribution < -0.4 is 0 Å². The molecule has 4 rings (SSSR count). The molecule has 2 heteroatoms. The first-order chi connectivity index (χ1) is 9.75. The van der Waals surface area contributed by atoms with Gasteiger partial charge in [-0.15, -0.1) is 0 Å². The average Bonchev–Trinajstić information content (AvgIpc) is 2.95. The van der Waals surface area contributed by atoms with Gasteiger partial charge in [0.1, 0.15) is 5.54 Å². The van der Waals surface area contributed by atoms with Crippen LogP contribution in [0.5, 0.6) is 0 Å². The normalized spacial score (nSPS) is 46.1. The van der Waals surface area contributed by atoms with Crippen molar-refractivity contribution in [2.24, 2.45) is 34.8 Å². The van der Waals surface area contributed by atoms with E-state index in [9.17, 15) is 4.91 Å². The van der Waals surface area contributed by atoms with Gasteiger partial charge >= 0.3 is 0 Å². The van der Waals surface area contributed by atoms with E-state index in [0.29, 0.717) is 11.8 Å². The lowest BCUT2D eigenvalue weighted by atomic mass is 9.41. The Morgan fingerprint density at radius 3 is 2.70 bits per heavy atom. The second-order valence-electron chi connectivity index (χ2n) is 7.82. The van der Waals surface area contributed by atoms with Gasteiger partial charge in [0.25, 0.3) is 0 Å². The van der Waals surface area contributed by atoms with Gasteiger partial charge in [0.15, 0.2) is 0 Å². The van der Waals surface area contributed by atoms with Crippen molar-refractivity contribution >= 4 is 0 Å². The van der Waals surface area contributed by atoms with Crippen LogP contribution in [0.15, 0.2) is 16.3 Å². The molecule has 0 aliphatic heterocycles. The number of nitroso groups, excluding NO2 is 1. The summed E-state index contributed by atoms with van der Waals surface area (Å²) in [6, 6.07) is 0. The molecule has 4 aliphatic rings. The van der Waals surface area contributed by atoms with E-state index in [1.165, 1.54) is 44.9 Å². The van der Waals surface area contributed by atoms with E-state index in [1.807, 2.05) is 0 Å². The quantitative estimate of drug-likeness (QED) is 0.507. The molecule has 0 spiro atoms. The van der Waals surface area contributed by atoms with Crippen LogP contribution in [0.1, 0.15) is 65.2 Å². The third kappa shape index (κ3) is 1.41. The van der Waals surface area contributed by atoms with E-state index in [0.717, 1.165) is 24.2 Å². The Labute approximate surface area is 122 Å². The summed E-state index contributed by atoms with van der Waals surface area (Å²) in [5.41, 5.74) is 3.47. The molecule has 0 N–H and O–H groups in total. The van der Waals surface area contributed by atoms with Crippen molar-refractivity contribution in [3.8, 4) is 0 Å². The summed E-state index contributed by atoms with van der Waals surface area (Å²) in [5, 5.41) is 3.59. The molecule has 0 aromatic heterocycles. The van der Waals surface area contributed by atoms with Crippen LogP contribution in [0.4, 0.5) is 0 Å². The van der Waals surface area contributed by atoms with Crippen LogP contribution in [0.3, 0.4) is 0 Å². The standard InChI is InChI=1S/C18H27NO/c1-3-5-11(4-2)12-8-13-10-16-17(14(13)9-12)15-6-7-18(15,16)19-20/h11-12,15-17H,3-10H2,1-2H3. The minimum Gasteiger partial charge on any atom is -0.150 e. The van der Waals surface area contributed by atoms with E-state index in [2.05, 4.69) is 19.0 Å². The summed E-state index contributed by atoms with van der Waals surface area (Å²) < 4.78 is 0. The van der Waals surface area contributed by atoms with Crippen LogP contribution in [0, 0.1) is 34.5 Å². The molecule has 2 fully saturated rings. The lowest BCUT2D eigenvalue weighted by Crippen LogP contribution is -2.66. The summed E-state index contributed by atoms with van der Waals surface area (Å²) in [5.74, 6) is 3.89. The second kappa shape index (κ2) is 4.42. The Balaban J connectivity index is 1.47. The highest BCUT2D eigenvalue weighted by atomic mass is 16.3. The van der Waals surface area contributed by atoms with E-state index in [-0.39, 0.29) is 5.54 Å². The van der Waals surface area contributed by atoms with Crippen LogP contribution >= 0.6 is 0 Å². The smallest absolute Gasteiger partial charge is 0.110 e. The molecular formula is C18H27NO. The Morgan fingerprint density at radius 2 is 2.10 bits per heavy atom. The highest BCUT2D eigenvalue weighted by molar-refractivity contribution is 5.41. The zero-order valence-corrected chi connectivity index (χ0v) is 12.9. The van der Waals surface area contributed by atoms with Gasteiger partial charge in [-0.05, 0) is 61.7 Å². The van der Waals surface area contributed by atoms with Gasteiger partial charge in [-0.25, -0.2) is 0 Å². The molecule has 0 aromatic carbocycles. The summed E-state index contributed by atoms with van der Waals surface area (Å²) in [7, 11) is 0. The number of allylic oxidation sites excluding steroid dienone is 2. The Morgan fingerprint density at radius 1 is 1.25 bits per heavy atom. The molecule has 0 aromatic rings. The van der Waals surface area contributed by atoms with E-state index in [1.54, 1.807) is 11.1 Å². The van der Waals surface area contributed by atoms with Gasteiger partial charge in [-0.1, -0.05) is 49.4 Å². The van der Waals surface area contributed by atoms with Crippen LogP contribution in [-0.2, 0) is 0 Å². The maximum absolute atomic E-state index is 11.3. The first-order valence-corrected chi connectivity index (χ1v) is 8.80. The number of fused-ring (bicyclic) bond motifs is 5. The summed E-state index contributed by atoms with van der Waals surface area (Å²) in [6.07, 6.45) is 10.4. The van der Waals surface area contributed by atoms with Gasteiger partial charge < -0.3 is 0 Å². The lowest BCUT2D eigenvalue weighted by molar-refractivity contribution is -0.101. The summed E-state index contributed by atoms with van der Waals surface area (Å²) in [6.45, 7) is 4.68. The number of hydrogen-bond acceptors (Lipinski definition) is 2. The maximum atomic E-state index is 11.3. The molecule has 0 bridgehead atoms. The number of rotatable bonds is 5. The maximum Gasteiger partial charge on any atom is 0.110 e. The summed E-state index contributed by atoms with van der Waals surface area (Å²) in [4.78, 5) is 11.3. The molecule has 0 saturated heterocycles. The molecule has 6 atom stereocenters. The SMILES string of the molecule is CCCC(CC)C1CC2=C(C1)C1C3CCC3(N=O)C1C2. The Hall–Kier alpha value is -0.660. The molecule has 0 heterocycles. The van der Waals surface area contributed by atoms with Crippen molar-refractivity contribution < 1.29 is 0 Å². The van der Waals surface area contributed by atoms with E-state index in [4.69, 9.17) is 0 Å². The fraction of sp³-hybridized carbons (Fsp3) is 0.889. The monoisotopic (exact) mass is 273 g/mol. The Bertz CT molecular complexity index is 468. The van der Waals surface area contributed by atoms with E-state index >= 15 is 0 Å². The zero-order valence-electron chi connectivity index (χ0n) is 12.9. The Kier molecular flexibility index (Phi) is 2.88. The largest absolute Gasteiger partial charge is 0.150 e. The molecule has 2 saturated carbocycles. The number of hydrogen-bond donors (Lipinski definition) is 0. The van der Waals surface area contributed by atoms with Crippen LogP contribution in [0.25, 0.3) is 0 Å². The van der Waals surface area contributed by atoms with Crippen molar-refractivity contribution in [3.05, 3.63) is 16.1 Å². The molecule has 6 unspecified atom stereocenters. The minimum absolute atomic E-state index is 0.0991. The molecular weight excluding hydrogens is 246 g/mol. The average molecular weight is 273 g/mol. The van der Waals surface area contributed by atoms with Crippen LogP contribution in [-0.4, -0.2) is 5.54 Å². The van der Waals surface area contributed by atoms with Crippen molar-refractivity contribution in [2.45, 2.75) is 70.8 Å². The first kappa shape index (κ1) is 13.0. The lowest BCUT2D eigenvalue weighted by Gasteiger charge is -2.63. The molecule has 110 valence electrons. The topological polar surface area (TPSA) is 29.4 Å². The van der Waals surface area contributed by atoms with Crippen LogP contribution in [0.2, 0.25) is 0 Å².